The van der Waals surface area contributed by atoms with E-state index in [1.807, 2.05) is 13.8 Å². The van der Waals surface area contributed by atoms with Gasteiger partial charge in [0, 0.05) is 11.8 Å². The van der Waals surface area contributed by atoms with Gasteiger partial charge >= 0.3 is 0 Å². The van der Waals surface area contributed by atoms with Gasteiger partial charge in [-0.3, -0.25) is 9.89 Å². The lowest BCUT2D eigenvalue weighted by Crippen LogP contribution is -2.13. The smallest absolute Gasteiger partial charge is 0.275 e. The van der Waals surface area contributed by atoms with Gasteiger partial charge in [0.25, 0.3) is 5.91 Å². The largest absolute Gasteiger partial charge is 0.317 e. The number of carbonyl (C=O) groups is 1. The highest BCUT2D eigenvalue weighted by molar-refractivity contribution is 7.09. The molecule has 0 radical (unpaired) electrons. The van der Waals surface area contributed by atoms with Gasteiger partial charge in [-0.25, -0.2) is 9.37 Å². The molecule has 7 heteroatoms. The lowest BCUT2D eigenvalue weighted by atomic mass is 10.1. The number of thiazole rings is 1. The maximum Gasteiger partial charge on any atom is 0.275 e. The van der Waals surface area contributed by atoms with Gasteiger partial charge in [-0.15, -0.1) is 11.3 Å². The molecule has 0 atom stereocenters. The van der Waals surface area contributed by atoms with Crippen molar-refractivity contribution in [2.45, 2.75) is 20.3 Å². The topological polar surface area (TPSA) is 70.7 Å². The van der Waals surface area contributed by atoms with E-state index in [1.54, 1.807) is 23.6 Å². The molecule has 118 valence electrons. The third kappa shape index (κ3) is 3.29. The van der Waals surface area contributed by atoms with E-state index < -0.39 is 0 Å². The molecule has 0 aliphatic carbocycles. The molecule has 0 aliphatic heterocycles. The molecule has 0 fully saturated rings. The van der Waals surface area contributed by atoms with Crippen LogP contribution < -0.4 is 5.32 Å². The van der Waals surface area contributed by atoms with Gasteiger partial charge in [0.1, 0.15) is 11.5 Å². The maximum absolute atomic E-state index is 13.7. The molecule has 23 heavy (non-hydrogen) atoms. The van der Waals surface area contributed by atoms with Gasteiger partial charge in [-0.2, -0.15) is 5.10 Å². The summed E-state index contributed by atoms with van der Waals surface area (Å²) in [5.41, 5.74) is 3.06. The van der Waals surface area contributed by atoms with Crippen molar-refractivity contribution in [1.82, 2.24) is 15.2 Å². The Hall–Kier alpha value is -2.54. The van der Waals surface area contributed by atoms with Crippen LogP contribution in [0, 0.1) is 19.7 Å². The first-order valence-electron chi connectivity index (χ1n) is 7.05. The lowest BCUT2D eigenvalue weighted by molar-refractivity contribution is 0.102. The Balaban J connectivity index is 1.74. The number of hydrogen-bond donors (Lipinski definition) is 2. The molecule has 2 heterocycles. The third-order valence-corrected chi connectivity index (χ3v) is 4.30. The fraction of sp³-hybridized carbons (Fsp3) is 0.188. The molecule has 2 aromatic heterocycles. The highest BCUT2D eigenvalue weighted by Crippen LogP contribution is 2.20. The van der Waals surface area contributed by atoms with E-state index in [4.69, 9.17) is 0 Å². The van der Waals surface area contributed by atoms with Gasteiger partial charge < -0.3 is 5.32 Å². The van der Waals surface area contributed by atoms with E-state index in [0.29, 0.717) is 28.4 Å². The minimum atomic E-state index is -0.298. The molecular weight excluding hydrogens is 315 g/mol. The van der Waals surface area contributed by atoms with Crippen molar-refractivity contribution in [2.24, 2.45) is 0 Å². The first-order valence-corrected chi connectivity index (χ1v) is 7.93. The van der Waals surface area contributed by atoms with Gasteiger partial charge in [-0.05, 0) is 25.5 Å². The standard InChI is InChI=1S/C16H15FN4OS/c1-9-15(10(2)21-20-9)19-16(22)13-8-23-14(18-13)7-11-5-3-4-6-12(11)17/h3-6,8H,7H2,1-2H3,(H,19,22)(H,20,21). The highest BCUT2D eigenvalue weighted by Gasteiger charge is 2.15. The van der Waals surface area contributed by atoms with Gasteiger partial charge in [0.2, 0.25) is 0 Å². The second-order valence-corrected chi connectivity index (χ2v) is 6.10. The lowest BCUT2D eigenvalue weighted by Gasteiger charge is -2.02. The normalized spacial score (nSPS) is 10.7. The molecule has 0 unspecified atom stereocenters. The predicted molar refractivity (Wildman–Crippen MR) is 87.3 cm³/mol. The van der Waals surface area contributed by atoms with E-state index >= 15 is 0 Å². The van der Waals surface area contributed by atoms with E-state index in [1.165, 1.54) is 17.4 Å². The predicted octanol–water partition coefficient (Wildman–Crippen LogP) is 3.47. The minimum Gasteiger partial charge on any atom is -0.317 e. The Labute approximate surface area is 136 Å². The average Bonchev–Trinajstić information content (AvgIpc) is 3.11. The number of H-pyrrole nitrogens is 1. The maximum atomic E-state index is 13.7. The van der Waals surface area contributed by atoms with Crippen LogP contribution in [0.2, 0.25) is 0 Å². The fourth-order valence-corrected chi connectivity index (χ4v) is 3.01. The molecule has 0 bridgehead atoms. The Morgan fingerprint density at radius 1 is 1.35 bits per heavy atom. The van der Waals surface area contributed by atoms with E-state index in [0.717, 1.165) is 11.4 Å². The summed E-state index contributed by atoms with van der Waals surface area (Å²) in [6.07, 6.45) is 0.369. The Morgan fingerprint density at radius 3 is 2.83 bits per heavy atom. The van der Waals surface area contributed by atoms with Crippen molar-refractivity contribution in [1.29, 1.82) is 0 Å². The Bertz CT molecular complexity index is 836. The summed E-state index contributed by atoms with van der Waals surface area (Å²) in [6, 6.07) is 6.56. The molecule has 1 amide bonds. The quantitative estimate of drug-likeness (QED) is 0.769. The number of halogens is 1. The van der Waals surface area contributed by atoms with Crippen LogP contribution in [0.3, 0.4) is 0 Å². The molecule has 0 aliphatic rings. The zero-order valence-electron chi connectivity index (χ0n) is 12.7. The molecule has 0 spiro atoms. The number of hydrogen-bond acceptors (Lipinski definition) is 4. The van der Waals surface area contributed by atoms with Crippen molar-refractivity contribution in [2.75, 3.05) is 5.32 Å². The number of rotatable bonds is 4. The fourth-order valence-electron chi connectivity index (χ4n) is 2.21. The molecule has 5 nitrogen and oxygen atoms in total. The summed E-state index contributed by atoms with van der Waals surface area (Å²) in [6.45, 7) is 3.64. The van der Waals surface area contributed by atoms with Gasteiger partial charge in [0.15, 0.2) is 0 Å². The number of nitrogens with one attached hydrogen (secondary N) is 2. The summed E-state index contributed by atoms with van der Waals surface area (Å²) in [5.74, 6) is -0.563. The minimum absolute atomic E-state index is 0.265. The van der Waals surface area contributed by atoms with Gasteiger partial charge in [0.05, 0.1) is 22.1 Å². The highest BCUT2D eigenvalue weighted by atomic mass is 32.1. The van der Waals surface area contributed by atoms with E-state index in [-0.39, 0.29) is 11.7 Å². The summed E-state index contributed by atoms with van der Waals surface area (Å²) in [4.78, 5) is 16.6. The second-order valence-electron chi connectivity index (χ2n) is 5.16. The molecule has 0 saturated carbocycles. The van der Waals surface area contributed by atoms with Crippen LogP contribution in [0.1, 0.15) is 32.4 Å². The number of nitrogens with zero attached hydrogens (tertiary/aromatic N) is 2. The number of amides is 1. The molecule has 2 N–H and O–H groups in total. The molecule has 3 aromatic rings. The average molecular weight is 330 g/mol. The van der Waals surface area contributed by atoms with Crippen molar-refractivity contribution in [3.63, 3.8) is 0 Å². The number of benzene rings is 1. The van der Waals surface area contributed by atoms with Gasteiger partial charge in [-0.1, -0.05) is 18.2 Å². The monoisotopic (exact) mass is 330 g/mol. The number of aromatic amines is 1. The Morgan fingerprint density at radius 2 is 2.13 bits per heavy atom. The Kier molecular flexibility index (Phi) is 4.20. The van der Waals surface area contributed by atoms with Crippen LogP contribution in [0.25, 0.3) is 0 Å². The number of aryl methyl sites for hydroxylation is 2. The van der Waals surface area contributed by atoms with Crippen LogP contribution in [-0.4, -0.2) is 21.1 Å². The zero-order chi connectivity index (χ0) is 16.4. The zero-order valence-corrected chi connectivity index (χ0v) is 13.5. The van der Waals surface area contributed by atoms with Crippen LogP contribution in [0.15, 0.2) is 29.6 Å². The number of anilines is 1. The number of aromatic nitrogens is 3. The molecule has 0 saturated heterocycles. The van der Waals surface area contributed by atoms with Crippen molar-refractivity contribution < 1.29 is 9.18 Å². The molecule has 3 rings (SSSR count). The van der Waals surface area contributed by atoms with Crippen LogP contribution in [0.4, 0.5) is 10.1 Å². The van der Waals surface area contributed by atoms with E-state index in [9.17, 15) is 9.18 Å². The van der Waals surface area contributed by atoms with Crippen molar-refractivity contribution in [3.05, 3.63) is 63.1 Å². The van der Waals surface area contributed by atoms with Crippen molar-refractivity contribution in [3.8, 4) is 0 Å². The molecule has 1 aromatic carbocycles. The van der Waals surface area contributed by atoms with Crippen LogP contribution in [0.5, 0.6) is 0 Å². The van der Waals surface area contributed by atoms with Crippen LogP contribution >= 0.6 is 11.3 Å². The van der Waals surface area contributed by atoms with Crippen molar-refractivity contribution >= 4 is 22.9 Å². The summed E-state index contributed by atoms with van der Waals surface area (Å²) >= 11 is 1.34. The third-order valence-electron chi connectivity index (χ3n) is 3.45. The summed E-state index contributed by atoms with van der Waals surface area (Å²) in [5, 5.41) is 12.0. The second kappa shape index (κ2) is 6.29. The summed E-state index contributed by atoms with van der Waals surface area (Å²) < 4.78 is 13.7. The SMILES string of the molecule is Cc1n[nH]c(C)c1NC(=O)c1csc(Cc2ccccc2F)n1. The molecular formula is C16H15FN4OS. The summed E-state index contributed by atoms with van der Waals surface area (Å²) in [7, 11) is 0. The van der Waals surface area contributed by atoms with E-state index in [2.05, 4.69) is 20.5 Å². The first-order chi connectivity index (χ1) is 11.0. The first kappa shape index (κ1) is 15.4. The van der Waals surface area contributed by atoms with Crippen LogP contribution in [-0.2, 0) is 6.42 Å². The number of carbonyl (C=O) groups excluding carboxylic acids is 1.